The minimum absolute atomic E-state index is 0. The summed E-state index contributed by atoms with van der Waals surface area (Å²) < 4.78 is 4.85. The monoisotopic (exact) mass is 379 g/mol. The molecule has 1 aliphatic rings. The third-order valence-electron chi connectivity index (χ3n) is 3.10. The molecule has 0 spiro atoms. The molecule has 1 fully saturated rings. The topological polar surface area (TPSA) is 56.9 Å². The Morgan fingerprint density at radius 3 is 2.68 bits per heavy atom. The Balaban J connectivity index is 0.00000180. The SMILES string of the molecule is CCNC(=NC)N1CCN(Cc2ccon2)CC1.I. The molecule has 7 heteroatoms. The molecule has 0 amide bonds. The second-order valence-electron chi connectivity index (χ2n) is 4.33. The molecule has 0 atom stereocenters. The van der Waals surface area contributed by atoms with Crippen molar-refractivity contribution in [1.82, 2.24) is 20.3 Å². The molecular formula is C12H22IN5O. The van der Waals surface area contributed by atoms with Gasteiger partial charge in [0.25, 0.3) is 0 Å². The number of hydrogen-bond donors (Lipinski definition) is 1. The lowest BCUT2D eigenvalue weighted by Gasteiger charge is -2.36. The fourth-order valence-electron chi connectivity index (χ4n) is 2.16. The number of aliphatic imine (C=N–C) groups is 1. The standard InChI is InChI=1S/C12H21N5O.HI/c1-3-14-12(13-2)17-7-5-16(6-8-17)10-11-4-9-18-15-11;/h4,9H,3,5-8,10H2,1-2H3,(H,13,14);1H. The maximum absolute atomic E-state index is 4.85. The third-order valence-corrected chi connectivity index (χ3v) is 3.10. The van der Waals surface area contributed by atoms with Gasteiger partial charge in [-0.25, -0.2) is 0 Å². The number of hydrogen-bond acceptors (Lipinski definition) is 4. The molecule has 108 valence electrons. The van der Waals surface area contributed by atoms with E-state index in [4.69, 9.17) is 4.52 Å². The fourth-order valence-corrected chi connectivity index (χ4v) is 2.16. The number of nitrogens with zero attached hydrogens (tertiary/aromatic N) is 4. The predicted octanol–water partition coefficient (Wildman–Crippen LogP) is 1.01. The summed E-state index contributed by atoms with van der Waals surface area (Å²) in [6, 6.07) is 1.92. The van der Waals surface area contributed by atoms with Gasteiger partial charge >= 0.3 is 0 Å². The summed E-state index contributed by atoms with van der Waals surface area (Å²) in [5, 5.41) is 7.24. The molecule has 0 unspecified atom stereocenters. The van der Waals surface area contributed by atoms with E-state index in [1.54, 1.807) is 6.26 Å². The van der Waals surface area contributed by atoms with E-state index in [1.807, 2.05) is 13.1 Å². The lowest BCUT2D eigenvalue weighted by Crippen LogP contribution is -2.52. The van der Waals surface area contributed by atoms with E-state index in [9.17, 15) is 0 Å². The zero-order chi connectivity index (χ0) is 12.8. The third kappa shape index (κ3) is 4.64. The van der Waals surface area contributed by atoms with Gasteiger partial charge in [0.1, 0.15) is 6.26 Å². The molecule has 0 saturated carbocycles. The first-order chi connectivity index (χ1) is 8.83. The predicted molar refractivity (Wildman–Crippen MR) is 85.8 cm³/mol. The van der Waals surface area contributed by atoms with Gasteiger partial charge in [0.2, 0.25) is 0 Å². The first-order valence-electron chi connectivity index (χ1n) is 6.40. The van der Waals surface area contributed by atoms with Crippen molar-refractivity contribution in [3.63, 3.8) is 0 Å². The van der Waals surface area contributed by atoms with E-state index in [-0.39, 0.29) is 24.0 Å². The zero-order valence-electron chi connectivity index (χ0n) is 11.5. The van der Waals surface area contributed by atoms with E-state index in [0.29, 0.717) is 0 Å². The van der Waals surface area contributed by atoms with Crippen LogP contribution in [0.4, 0.5) is 0 Å². The summed E-state index contributed by atoms with van der Waals surface area (Å²) in [7, 11) is 1.83. The van der Waals surface area contributed by atoms with Gasteiger partial charge in [-0.2, -0.15) is 0 Å². The first-order valence-corrected chi connectivity index (χ1v) is 6.40. The van der Waals surface area contributed by atoms with Crippen LogP contribution in [0.3, 0.4) is 0 Å². The molecule has 1 saturated heterocycles. The Labute approximate surface area is 131 Å². The van der Waals surface area contributed by atoms with E-state index in [0.717, 1.165) is 50.9 Å². The molecule has 1 N–H and O–H groups in total. The summed E-state index contributed by atoms with van der Waals surface area (Å²) >= 11 is 0. The molecule has 0 bridgehead atoms. The van der Waals surface area contributed by atoms with Crippen molar-refractivity contribution in [3.8, 4) is 0 Å². The normalized spacial score (nSPS) is 17.2. The molecule has 19 heavy (non-hydrogen) atoms. The molecule has 1 aromatic heterocycles. The number of aromatic nitrogens is 1. The van der Waals surface area contributed by atoms with Gasteiger partial charge in [0, 0.05) is 52.4 Å². The van der Waals surface area contributed by atoms with Crippen molar-refractivity contribution in [2.24, 2.45) is 4.99 Å². The summed E-state index contributed by atoms with van der Waals surface area (Å²) in [4.78, 5) is 8.96. The molecule has 1 aromatic rings. The van der Waals surface area contributed by atoms with Crippen LogP contribution < -0.4 is 5.32 Å². The Kier molecular flexibility index (Phi) is 7.14. The Hall–Kier alpha value is -0.830. The summed E-state index contributed by atoms with van der Waals surface area (Å²) in [6.45, 7) is 7.91. The Morgan fingerprint density at radius 1 is 1.42 bits per heavy atom. The number of guanidine groups is 1. The number of rotatable bonds is 3. The van der Waals surface area contributed by atoms with Crippen molar-refractivity contribution in [1.29, 1.82) is 0 Å². The molecular weight excluding hydrogens is 357 g/mol. The summed E-state index contributed by atoms with van der Waals surface area (Å²) in [6.07, 6.45) is 1.62. The first kappa shape index (κ1) is 16.2. The molecule has 2 rings (SSSR count). The van der Waals surface area contributed by atoms with Crippen LogP contribution in [0.2, 0.25) is 0 Å². The highest BCUT2D eigenvalue weighted by atomic mass is 127. The van der Waals surface area contributed by atoms with E-state index in [1.165, 1.54) is 0 Å². The zero-order valence-corrected chi connectivity index (χ0v) is 13.8. The summed E-state index contributed by atoms with van der Waals surface area (Å²) in [5.41, 5.74) is 1.000. The van der Waals surface area contributed by atoms with Crippen LogP contribution >= 0.6 is 24.0 Å². The van der Waals surface area contributed by atoms with Gasteiger partial charge in [0.05, 0.1) is 5.69 Å². The summed E-state index contributed by atoms with van der Waals surface area (Å²) in [5.74, 6) is 0.999. The van der Waals surface area contributed by atoms with Crippen molar-refractivity contribution >= 4 is 29.9 Å². The Bertz CT molecular complexity index is 373. The van der Waals surface area contributed by atoms with Crippen LogP contribution in [0.5, 0.6) is 0 Å². The molecule has 6 nitrogen and oxygen atoms in total. The van der Waals surface area contributed by atoms with Gasteiger partial charge in [-0.3, -0.25) is 9.89 Å². The van der Waals surface area contributed by atoms with Gasteiger partial charge in [-0.15, -0.1) is 24.0 Å². The maximum Gasteiger partial charge on any atom is 0.193 e. The van der Waals surface area contributed by atoms with Gasteiger partial charge in [-0.05, 0) is 6.92 Å². The molecule has 0 radical (unpaired) electrons. The van der Waals surface area contributed by atoms with Crippen LogP contribution in [-0.4, -0.2) is 60.7 Å². The average molecular weight is 379 g/mol. The number of nitrogens with one attached hydrogen (secondary N) is 1. The smallest absolute Gasteiger partial charge is 0.193 e. The maximum atomic E-state index is 4.85. The Morgan fingerprint density at radius 2 is 2.16 bits per heavy atom. The van der Waals surface area contributed by atoms with E-state index >= 15 is 0 Å². The van der Waals surface area contributed by atoms with Crippen LogP contribution in [0.25, 0.3) is 0 Å². The average Bonchev–Trinajstić information content (AvgIpc) is 2.90. The largest absolute Gasteiger partial charge is 0.364 e. The molecule has 1 aliphatic heterocycles. The van der Waals surface area contributed by atoms with Crippen LogP contribution in [0.15, 0.2) is 21.8 Å². The van der Waals surface area contributed by atoms with Gasteiger partial charge in [0.15, 0.2) is 5.96 Å². The van der Waals surface area contributed by atoms with E-state index in [2.05, 4.69) is 32.2 Å². The quantitative estimate of drug-likeness (QED) is 0.483. The van der Waals surface area contributed by atoms with Crippen molar-refractivity contribution < 1.29 is 4.52 Å². The van der Waals surface area contributed by atoms with Crippen LogP contribution in [0, 0.1) is 0 Å². The van der Waals surface area contributed by atoms with Crippen molar-refractivity contribution in [2.75, 3.05) is 39.8 Å². The van der Waals surface area contributed by atoms with Crippen LogP contribution in [0.1, 0.15) is 12.6 Å². The van der Waals surface area contributed by atoms with Crippen LogP contribution in [-0.2, 0) is 6.54 Å². The second-order valence-corrected chi connectivity index (χ2v) is 4.33. The molecule has 2 heterocycles. The highest BCUT2D eigenvalue weighted by Crippen LogP contribution is 2.07. The number of piperazine rings is 1. The van der Waals surface area contributed by atoms with Gasteiger partial charge < -0.3 is 14.7 Å². The highest BCUT2D eigenvalue weighted by Gasteiger charge is 2.19. The van der Waals surface area contributed by atoms with E-state index < -0.39 is 0 Å². The van der Waals surface area contributed by atoms with Gasteiger partial charge in [-0.1, -0.05) is 5.16 Å². The minimum atomic E-state index is 0. The van der Waals surface area contributed by atoms with Crippen molar-refractivity contribution in [3.05, 3.63) is 18.0 Å². The lowest BCUT2D eigenvalue weighted by molar-refractivity contribution is 0.169. The highest BCUT2D eigenvalue weighted by molar-refractivity contribution is 14.0. The minimum Gasteiger partial charge on any atom is -0.364 e. The van der Waals surface area contributed by atoms with Crippen molar-refractivity contribution in [2.45, 2.75) is 13.5 Å². The lowest BCUT2D eigenvalue weighted by atomic mass is 10.3. The second kappa shape index (κ2) is 8.36. The molecule has 0 aromatic carbocycles. The fraction of sp³-hybridized carbons (Fsp3) is 0.667. The number of halogens is 1. The molecule has 0 aliphatic carbocycles.